The highest BCUT2D eigenvalue weighted by atomic mass is 16.5. The van der Waals surface area contributed by atoms with E-state index in [9.17, 15) is 4.79 Å². The van der Waals surface area contributed by atoms with Crippen molar-refractivity contribution in [2.45, 2.75) is 39.2 Å². The lowest BCUT2D eigenvalue weighted by Crippen LogP contribution is -2.47. The second-order valence-electron chi connectivity index (χ2n) is 7.20. The number of aliphatic imine (C=N–C) groups is 1. The second kappa shape index (κ2) is 8.60. The van der Waals surface area contributed by atoms with Gasteiger partial charge in [-0.05, 0) is 32.3 Å². The zero-order chi connectivity index (χ0) is 20.3. The van der Waals surface area contributed by atoms with Crippen LogP contribution in [0, 0.1) is 0 Å². The predicted octanol–water partition coefficient (Wildman–Crippen LogP) is 2.69. The van der Waals surface area contributed by atoms with Crippen molar-refractivity contribution < 1.29 is 14.3 Å². The van der Waals surface area contributed by atoms with E-state index in [1.165, 1.54) is 0 Å². The van der Waals surface area contributed by atoms with Crippen LogP contribution in [0.3, 0.4) is 0 Å². The molecule has 2 aliphatic heterocycles. The van der Waals surface area contributed by atoms with E-state index in [2.05, 4.69) is 10.4 Å². The molecule has 0 unspecified atom stereocenters. The van der Waals surface area contributed by atoms with Crippen LogP contribution < -0.4 is 5.32 Å². The molecule has 8 nitrogen and oxygen atoms in total. The Hall–Kier alpha value is -2.61. The number of hydrogen-bond acceptors (Lipinski definition) is 5. The summed E-state index contributed by atoms with van der Waals surface area (Å²) in [5.74, 6) is 1.44. The number of allylic oxidation sites excluding steroid dienone is 3. The van der Waals surface area contributed by atoms with Gasteiger partial charge in [0.05, 0.1) is 30.9 Å². The van der Waals surface area contributed by atoms with Gasteiger partial charge in [0.15, 0.2) is 0 Å². The van der Waals surface area contributed by atoms with Gasteiger partial charge in [-0.25, -0.2) is 9.79 Å². The van der Waals surface area contributed by atoms with E-state index in [0.29, 0.717) is 25.3 Å². The van der Waals surface area contributed by atoms with Crippen LogP contribution in [0.4, 0.5) is 4.79 Å². The molecule has 28 heavy (non-hydrogen) atoms. The number of carbonyl (C=O) groups excluding carboxylic acids is 1. The molecule has 0 spiro atoms. The molecule has 1 saturated heterocycles. The first-order valence-corrected chi connectivity index (χ1v) is 9.53. The number of piperidine rings is 1. The number of likely N-dealkylation sites (tertiary alicyclic amines) is 1. The van der Waals surface area contributed by atoms with Crippen molar-refractivity contribution in [3.05, 3.63) is 35.0 Å². The second-order valence-corrected chi connectivity index (χ2v) is 7.20. The molecule has 0 aliphatic carbocycles. The van der Waals surface area contributed by atoms with Gasteiger partial charge >= 0.3 is 6.03 Å². The van der Waals surface area contributed by atoms with Crippen LogP contribution >= 0.6 is 0 Å². The number of amides is 2. The monoisotopic (exact) mass is 387 g/mol. The van der Waals surface area contributed by atoms with Crippen molar-refractivity contribution in [2.24, 2.45) is 12.0 Å². The van der Waals surface area contributed by atoms with E-state index in [0.717, 1.165) is 41.0 Å². The van der Waals surface area contributed by atoms with Gasteiger partial charge in [-0.2, -0.15) is 5.10 Å². The molecule has 0 atom stereocenters. The van der Waals surface area contributed by atoms with Crippen LogP contribution in [0.15, 0.2) is 34.4 Å². The molecule has 0 bridgehead atoms. The fraction of sp³-hybridized carbons (Fsp3) is 0.550. The Bertz CT molecular complexity index is 829. The summed E-state index contributed by atoms with van der Waals surface area (Å²) in [6.45, 7) is 5.31. The molecule has 0 aromatic carbocycles. The van der Waals surface area contributed by atoms with E-state index in [1.807, 2.05) is 38.2 Å². The summed E-state index contributed by atoms with van der Waals surface area (Å²) in [6.07, 6.45) is 6.25. The Morgan fingerprint density at radius 2 is 1.96 bits per heavy atom. The largest absolute Gasteiger partial charge is 0.501 e. The van der Waals surface area contributed by atoms with Gasteiger partial charge in [-0.3, -0.25) is 10.00 Å². The summed E-state index contributed by atoms with van der Waals surface area (Å²) in [4.78, 5) is 19.2. The van der Waals surface area contributed by atoms with E-state index >= 15 is 0 Å². The molecule has 152 valence electrons. The van der Waals surface area contributed by atoms with E-state index in [1.54, 1.807) is 18.9 Å². The van der Waals surface area contributed by atoms with Gasteiger partial charge in [0.25, 0.3) is 0 Å². The standard InChI is InChI=1S/C20H29N5O3/c1-13(15-11-21-24(3)12-15)19-17(14(2)27-4)10-18(22-19)23-20(26)25-8-6-16(28-5)7-9-25/h11-12,16H,6-10H2,1-5H3,(H,22,23,26)/b17-14+,19-13-. The molecule has 0 radical (unpaired) electrons. The third kappa shape index (κ3) is 4.27. The smallest absolute Gasteiger partial charge is 0.322 e. The summed E-state index contributed by atoms with van der Waals surface area (Å²) in [6, 6.07) is -0.108. The number of carbonyl (C=O) groups is 1. The van der Waals surface area contributed by atoms with Crippen molar-refractivity contribution in [1.82, 2.24) is 20.0 Å². The maximum absolute atomic E-state index is 12.7. The lowest BCUT2D eigenvalue weighted by atomic mass is 10.0. The first-order chi connectivity index (χ1) is 13.4. The highest BCUT2D eigenvalue weighted by Crippen LogP contribution is 2.33. The molecule has 1 N–H and O–H groups in total. The van der Waals surface area contributed by atoms with Crippen LogP contribution in [0.1, 0.15) is 38.7 Å². The van der Waals surface area contributed by atoms with Crippen LogP contribution in [-0.4, -0.2) is 60.0 Å². The number of nitrogens with one attached hydrogen (secondary N) is 1. The Labute approximate surface area is 165 Å². The van der Waals surface area contributed by atoms with Gasteiger partial charge in [0.2, 0.25) is 0 Å². The minimum atomic E-state index is -0.108. The summed E-state index contributed by atoms with van der Waals surface area (Å²) in [5, 5.41) is 7.22. The maximum atomic E-state index is 12.7. The van der Waals surface area contributed by atoms with E-state index < -0.39 is 0 Å². The first-order valence-electron chi connectivity index (χ1n) is 9.53. The maximum Gasteiger partial charge on any atom is 0.322 e. The molecule has 8 heteroatoms. The lowest BCUT2D eigenvalue weighted by Gasteiger charge is -2.31. The van der Waals surface area contributed by atoms with Crippen molar-refractivity contribution >= 4 is 17.4 Å². The minimum Gasteiger partial charge on any atom is -0.501 e. The van der Waals surface area contributed by atoms with Crippen molar-refractivity contribution in [1.29, 1.82) is 0 Å². The van der Waals surface area contributed by atoms with Crippen molar-refractivity contribution in [3.8, 4) is 0 Å². The molecule has 2 aliphatic rings. The molecule has 0 saturated carbocycles. The van der Waals surface area contributed by atoms with Gasteiger partial charge < -0.3 is 14.4 Å². The van der Waals surface area contributed by atoms with E-state index in [-0.39, 0.29) is 12.1 Å². The summed E-state index contributed by atoms with van der Waals surface area (Å²) < 4.78 is 12.6. The number of rotatable bonds is 3. The lowest BCUT2D eigenvalue weighted by molar-refractivity contribution is 0.0510. The topological polar surface area (TPSA) is 81.0 Å². The number of nitrogens with zero attached hydrogens (tertiary/aromatic N) is 4. The van der Waals surface area contributed by atoms with Gasteiger partial charge in [-0.15, -0.1) is 0 Å². The fourth-order valence-electron chi connectivity index (χ4n) is 3.54. The molecule has 1 aromatic heterocycles. The Kier molecular flexibility index (Phi) is 6.18. The van der Waals surface area contributed by atoms with Gasteiger partial charge in [0.1, 0.15) is 5.84 Å². The third-order valence-corrected chi connectivity index (χ3v) is 5.41. The summed E-state index contributed by atoms with van der Waals surface area (Å²) in [7, 11) is 5.25. The van der Waals surface area contributed by atoms with Gasteiger partial charge in [0, 0.05) is 51.0 Å². The Balaban J connectivity index is 1.80. The Morgan fingerprint density at radius 1 is 1.25 bits per heavy atom. The number of amidine groups is 1. The number of ether oxygens (including phenoxy) is 2. The first kappa shape index (κ1) is 20.1. The number of hydrogen-bond donors (Lipinski definition) is 1. The molecule has 1 fully saturated rings. The number of aromatic nitrogens is 2. The van der Waals surface area contributed by atoms with Crippen molar-refractivity contribution in [3.63, 3.8) is 0 Å². The number of methoxy groups -OCH3 is 2. The number of urea groups is 1. The molecule has 2 amide bonds. The fourth-order valence-corrected chi connectivity index (χ4v) is 3.54. The molecular formula is C20H29N5O3. The highest BCUT2D eigenvalue weighted by molar-refractivity contribution is 6.02. The molecule has 3 rings (SSSR count). The summed E-state index contributed by atoms with van der Waals surface area (Å²) in [5.41, 5.74) is 3.82. The van der Waals surface area contributed by atoms with Crippen LogP contribution in [0.5, 0.6) is 0 Å². The van der Waals surface area contributed by atoms with E-state index in [4.69, 9.17) is 14.5 Å². The van der Waals surface area contributed by atoms with Crippen molar-refractivity contribution in [2.75, 3.05) is 27.3 Å². The SMILES string of the molecule is CO/C(C)=C1\CC(NC(=O)N2CCC(OC)CC2)=N\C1=C(\C)c1cnn(C)c1. The number of aryl methyl sites for hydroxylation is 1. The minimum absolute atomic E-state index is 0.108. The quantitative estimate of drug-likeness (QED) is 0.809. The normalized spacial score (nSPS) is 21.5. The summed E-state index contributed by atoms with van der Waals surface area (Å²) >= 11 is 0. The van der Waals surface area contributed by atoms with Crippen LogP contribution in [0.2, 0.25) is 0 Å². The average molecular weight is 387 g/mol. The van der Waals surface area contributed by atoms with Gasteiger partial charge in [-0.1, -0.05) is 0 Å². The van der Waals surface area contributed by atoms with Crippen LogP contribution in [0.25, 0.3) is 5.57 Å². The predicted molar refractivity (Wildman–Crippen MR) is 108 cm³/mol. The molecule has 1 aromatic rings. The zero-order valence-electron chi connectivity index (χ0n) is 17.3. The Morgan fingerprint density at radius 3 is 2.54 bits per heavy atom. The van der Waals surface area contributed by atoms with Crippen LogP contribution in [-0.2, 0) is 16.5 Å². The molecular weight excluding hydrogens is 358 g/mol. The average Bonchev–Trinajstić information content (AvgIpc) is 3.33. The highest BCUT2D eigenvalue weighted by Gasteiger charge is 2.27. The third-order valence-electron chi connectivity index (χ3n) is 5.41. The zero-order valence-corrected chi connectivity index (χ0v) is 17.3. The molecule has 3 heterocycles.